The van der Waals surface area contributed by atoms with Crippen molar-refractivity contribution >= 4 is 11.3 Å². The lowest BCUT2D eigenvalue weighted by Gasteiger charge is -2.45. The molecule has 4 rings (SSSR count). The lowest BCUT2D eigenvalue weighted by Crippen LogP contribution is -2.47. The van der Waals surface area contributed by atoms with Crippen LogP contribution in [0, 0.1) is 10.1 Å². The molecule has 1 fully saturated rings. The molecule has 0 saturated carbocycles. The first-order valence-electron chi connectivity index (χ1n) is 8.96. The van der Waals surface area contributed by atoms with E-state index in [1.807, 2.05) is 12.1 Å². The number of hydrogen-bond donors (Lipinski definition) is 0. The molecule has 2 atom stereocenters. The maximum atomic E-state index is 10.8. The molecular formula is C21H22N2O2. The minimum Gasteiger partial charge on any atom is -0.289 e. The average Bonchev–Trinajstić information content (AvgIpc) is 2.62. The number of benzene rings is 2. The van der Waals surface area contributed by atoms with Gasteiger partial charge in [-0.1, -0.05) is 42.8 Å². The average molecular weight is 334 g/mol. The number of piperidine rings is 1. The fourth-order valence-corrected chi connectivity index (χ4v) is 4.17. The molecule has 0 aliphatic carbocycles. The highest BCUT2D eigenvalue weighted by Gasteiger charge is 2.34. The molecule has 2 aromatic rings. The van der Waals surface area contributed by atoms with Crippen molar-refractivity contribution in [2.45, 2.75) is 44.3 Å². The van der Waals surface area contributed by atoms with E-state index >= 15 is 0 Å². The normalized spacial score (nSPS) is 23.1. The summed E-state index contributed by atoms with van der Waals surface area (Å²) in [6.07, 6.45) is 7.12. The molecule has 2 unspecified atom stereocenters. The van der Waals surface area contributed by atoms with E-state index in [4.69, 9.17) is 0 Å². The first-order valence-corrected chi connectivity index (χ1v) is 8.96. The predicted octanol–water partition coefficient (Wildman–Crippen LogP) is 4.81. The van der Waals surface area contributed by atoms with Crippen molar-refractivity contribution in [2.24, 2.45) is 0 Å². The zero-order chi connectivity index (χ0) is 17.2. The zero-order valence-electron chi connectivity index (χ0n) is 14.2. The standard InChI is InChI=1S/C21H22N2O2/c24-23(25)19-11-9-17(10-12-19)18-13-20-7-4-8-21(14-18)22(20)15-16-5-2-1-3-6-16/h1-3,5-6,9-13,20-21H,4,7-8,14-15H2. The molecule has 4 nitrogen and oxygen atoms in total. The quantitative estimate of drug-likeness (QED) is 0.596. The molecule has 128 valence electrons. The van der Waals surface area contributed by atoms with Crippen LogP contribution >= 0.6 is 0 Å². The van der Waals surface area contributed by atoms with Crippen molar-refractivity contribution in [1.82, 2.24) is 4.90 Å². The second kappa shape index (κ2) is 6.81. The van der Waals surface area contributed by atoms with Crippen LogP contribution in [0.5, 0.6) is 0 Å². The van der Waals surface area contributed by atoms with Crippen molar-refractivity contribution < 1.29 is 4.92 Å². The van der Waals surface area contributed by atoms with Crippen LogP contribution in [0.15, 0.2) is 60.7 Å². The maximum absolute atomic E-state index is 10.8. The Morgan fingerprint density at radius 2 is 1.80 bits per heavy atom. The zero-order valence-corrected chi connectivity index (χ0v) is 14.2. The van der Waals surface area contributed by atoms with Gasteiger partial charge in [-0.05, 0) is 48.1 Å². The molecule has 0 radical (unpaired) electrons. The summed E-state index contributed by atoms with van der Waals surface area (Å²) in [7, 11) is 0. The van der Waals surface area contributed by atoms with Gasteiger partial charge in [0, 0.05) is 30.8 Å². The van der Waals surface area contributed by atoms with Gasteiger partial charge in [-0.2, -0.15) is 0 Å². The summed E-state index contributed by atoms with van der Waals surface area (Å²) in [5, 5.41) is 10.8. The Labute approximate surface area is 147 Å². The second-order valence-electron chi connectivity index (χ2n) is 7.01. The Bertz CT molecular complexity index is 783. The number of nitrogens with zero attached hydrogens (tertiary/aromatic N) is 2. The molecule has 1 saturated heterocycles. The maximum Gasteiger partial charge on any atom is 0.269 e. The third-order valence-electron chi connectivity index (χ3n) is 5.44. The van der Waals surface area contributed by atoms with Gasteiger partial charge >= 0.3 is 0 Å². The lowest BCUT2D eigenvalue weighted by molar-refractivity contribution is -0.384. The van der Waals surface area contributed by atoms with E-state index in [-0.39, 0.29) is 10.6 Å². The lowest BCUT2D eigenvalue weighted by atomic mass is 9.82. The first-order chi connectivity index (χ1) is 12.2. The van der Waals surface area contributed by atoms with Crippen LogP contribution in [0.3, 0.4) is 0 Å². The molecule has 0 aromatic heterocycles. The van der Waals surface area contributed by atoms with Gasteiger partial charge in [0.05, 0.1) is 4.92 Å². The molecule has 25 heavy (non-hydrogen) atoms. The van der Waals surface area contributed by atoms with Gasteiger partial charge in [-0.25, -0.2) is 0 Å². The Morgan fingerprint density at radius 1 is 1.04 bits per heavy atom. The summed E-state index contributed by atoms with van der Waals surface area (Å²) in [5.74, 6) is 0. The molecule has 2 aromatic carbocycles. The Kier molecular flexibility index (Phi) is 4.36. The number of nitro benzene ring substituents is 1. The van der Waals surface area contributed by atoms with Crippen LogP contribution in [-0.2, 0) is 6.54 Å². The molecule has 4 heteroatoms. The highest BCUT2D eigenvalue weighted by Crippen LogP contribution is 2.38. The van der Waals surface area contributed by atoms with Crippen LogP contribution < -0.4 is 0 Å². The topological polar surface area (TPSA) is 46.4 Å². The van der Waals surface area contributed by atoms with E-state index in [2.05, 4.69) is 41.3 Å². The smallest absolute Gasteiger partial charge is 0.269 e. The Balaban J connectivity index is 1.57. The fourth-order valence-electron chi connectivity index (χ4n) is 4.17. The van der Waals surface area contributed by atoms with Gasteiger partial charge in [0.25, 0.3) is 5.69 Å². The summed E-state index contributed by atoms with van der Waals surface area (Å²) in [5.41, 5.74) is 3.99. The SMILES string of the molecule is O=[N+]([O-])c1ccc(C2=CC3CCCC(C2)N3Cc2ccccc2)cc1. The minimum atomic E-state index is -0.338. The molecular weight excluding hydrogens is 312 g/mol. The van der Waals surface area contributed by atoms with Gasteiger partial charge in [-0.15, -0.1) is 0 Å². The van der Waals surface area contributed by atoms with Gasteiger partial charge in [0.15, 0.2) is 0 Å². The van der Waals surface area contributed by atoms with Crippen molar-refractivity contribution in [3.63, 3.8) is 0 Å². The van der Waals surface area contributed by atoms with Crippen LogP contribution in [0.2, 0.25) is 0 Å². The number of rotatable bonds is 4. The highest BCUT2D eigenvalue weighted by molar-refractivity contribution is 5.68. The van der Waals surface area contributed by atoms with E-state index in [9.17, 15) is 10.1 Å². The molecule has 2 bridgehead atoms. The number of nitro groups is 1. The predicted molar refractivity (Wildman–Crippen MR) is 99.1 cm³/mol. The first kappa shape index (κ1) is 16.0. The van der Waals surface area contributed by atoms with E-state index in [0.717, 1.165) is 18.5 Å². The third kappa shape index (κ3) is 3.35. The number of non-ortho nitro benzene ring substituents is 1. The minimum absolute atomic E-state index is 0.158. The van der Waals surface area contributed by atoms with E-state index in [0.29, 0.717) is 12.1 Å². The Hall–Kier alpha value is -2.46. The van der Waals surface area contributed by atoms with E-state index < -0.39 is 0 Å². The summed E-state index contributed by atoms with van der Waals surface area (Å²) in [6.45, 7) is 1.00. The van der Waals surface area contributed by atoms with Crippen LogP contribution in [0.4, 0.5) is 5.69 Å². The van der Waals surface area contributed by atoms with Gasteiger partial charge in [-0.3, -0.25) is 15.0 Å². The van der Waals surface area contributed by atoms with Gasteiger partial charge in [0.1, 0.15) is 0 Å². The number of hydrogen-bond acceptors (Lipinski definition) is 3. The van der Waals surface area contributed by atoms with Crippen molar-refractivity contribution in [2.75, 3.05) is 0 Å². The van der Waals surface area contributed by atoms with E-state index in [1.165, 1.54) is 30.4 Å². The van der Waals surface area contributed by atoms with Crippen LogP contribution in [0.1, 0.15) is 36.8 Å². The van der Waals surface area contributed by atoms with E-state index in [1.54, 1.807) is 12.1 Å². The van der Waals surface area contributed by atoms with Crippen LogP contribution in [-0.4, -0.2) is 21.9 Å². The fraction of sp³-hybridized carbons (Fsp3) is 0.333. The van der Waals surface area contributed by atoms with Gasteiger partial charge < -0.3 is 0 Å². The van der Waals surface area contributed by atoms with Crippen molar-refractivity contribution in [3.05, 3.63) is 81.9 Å². The molecule has 2 aliphatic heterocycles. The summed E-state index contributed by atoms with van der Waals surface area (Å²) < 4.78 is 0. The highest BCUT2D eigenvalue weighted by atomic mass is 16.6. The molecule has 2 aliphatic rings. The molecule has 0 spiro atoms. The third-order valence-corrected chi connectivity index (χ3v) is 5.44. The molecule has 2 heterocycles. The van der Waals surface area contributed by atoms with Crippen molar-refractivity contribution in [3.8, 4) is 0 Å². The van der Waals surface area contributed by atoms with Crippen LogP contribution in [0.25, 0.3) is 5.57 Å². The monoisotopic (exact) mass is 334 g/mol. The van der Waals surface area contributed by atoms with Gasteiger partial charge in [0.2, 0.25) is 0 Å². The summed E-state index contributed by atoms with van der Waals surface area (Å²) in [6, 6.07) is 18.7. The molecule has 0 amide bonds. The summed E-state index contributed by atoms with van der Waals surface area (Å²) >= 11 is 0. The molecule has 0 N–H and O–H groups in total. The van der Waals surface area contributed by atoms with Crippen molar-refractivity contribution in [1.29, 1.82) is 0 Å². The Morgan fingerprint density at radius 3 is 2.48 bits per heavy atom. The summed E-state index contributed by atoms with van der Waals surface area (Å²) in [4.78, 5) is 13.1. The largest absolute Gasteiger partial charge is 0.289 e. The number of fused-ring (bicyclic) bond motifs is 2. The second-order valence-corrected chi connectivity index (χ2v) is 7.01.